The van der Waals surface area contributed by atoms with Gasteiger partial charge in [-0.1, -0.05) is 37.3 Å². The van der Waals surface area contributed by atoms with Crippen LogP contribution in [0.25, 0.3) is 0 Å². The molecule has 8 heteroatoms. The van der Waals surface area contributed by atoms with Gasteiger partial charge in [-0.05, 0) is 17.9 Å². The Morgan fingerprint density at radius 1 is 1.32 bits per heavy atom. The number of aliphatic hydroxyl groups is 2. The molecule has 0 spiro atoms. The van der Waals surface area contributed by atoms with Gasteiger partial charge in [0.15, 0.2) is 0 Å². The van der Waals surface area contributed by atoms with Gasteiger partial charge in [0, 0.05) is 19.2 Å². The van der Waals surface area contributed by atoms with Crippen LogP contribution in [-0.4, -0.2) is 45.2 Å². The molecule has 1 saturated heterocycles. The predicted octanol–water partition coefficient (Wildman–Crippen LogP) is 0.573. The first-order valence-corrected chi connectivity index (χ1v) is 9.38. The summed E-state index contributed by atoms with van der Waals surface area (Å²) in [5.41, 5.74) is 0.397. The summed E-state index contributed by atoms with van der Waals surface area (Å²) in [6.07, 6.45) is 0.0701. The summed E-state index contributed by atoms with van der Waals surface area (Å²) >= 11 is 0. The smallest absolute Gasteiger partial charge is 0.330 e. The summed E-state index contributed by atoms with van der Waals surface area (Å²) in [5, 5.41) is 19.1. The van der Waals surface area contributed by atoms with E-state index in [1.54, 1.807) is 0 Å². The Hall–Kier alpha value is -2.26. The van der Waals surface area contributed by atoms with Crippen LogP contribution in [0.5, 0.6) is 0 Å². The van der Waals surface area contributed by atoms with E-state index in [1.165, 1.54) is 16.3 Å². The van der Waals surface area contributed by atoms with E-state index in [1.807, 2.05) is 18.2 Å². The number of hydrogen-bond acceptors (Lipinski definition) is 6. The largest absolute Gasteiger partial charge is 0.394 e. The van der Waals surface area contributed by atoms with Gasteiger partial charge in [0.1, 0.15) is 12.3 Å². The zero-order chi connectivity index (χ0) is 20.1. The van der Waals surface area contributed by atoms with Crippen molar-refractivity contribution >= 4 is 0 Å². The first kappa shape index (κ1) is 20.5. The zero-order valence-electron chi connectivity index (χ0n) is 15.8. The summed E-state index contributed by atoms with van der Waals surface area (Å²) in [6.45, 7) is 2.26. The van der Waals surface area contributed by atoms with Gasteiger partial charge in [0.25, 0.3) is 5.56 Å². The van der Waals surface area contributed by atoms with Crippen molar-refractivity contribution in [2.45, 2.75) is 44.8 Å². The van der Waals surface area contributed by atoms with Crippen LogP contribution in [0.4, 0.5) is 0 Å². The maximum atomic E-state index is 12.1. The van der Waals surface area contributed by atoms with E-state index in [2.05, 4.69) is 24.0 Å². The summed E-state index contributed by atoms with van der Waals surface area (Å²) in [4.78, 5) is 26.4. The summed E-state index contributed by atoms with van der Waals surface area (Å²) in [6, 6.07) is 10.1. The highest BCUT2D eigenvalue weighted by atomic mass is 16.5. The lowest BCUT2D eigenvalue weighted by atomic mass is 10.0. The molecule has 0 bridgehead atoms. The van der Waals surface area contributed by atoms with E-state index < -0.39 is 29.7 Å². The van der Waals surface area contributed by atoms with Crippen LogP contribution < -0.4 is 11.2 Å². The summed E-state index contributed by atoms with van der Waals surface area (Å²) < 4.78 is 12.4. The van der Waals surface area contributed by atoms with Gasteiger partial charge < -0.3 is 19.7 Å². The lowest BCUT2D eigenvalue weighted by molar-refractivity contribution is -0.0461. The molecule has 8 nitrogen and oxygen atoms in total. The maximum Gasteiger partial charge on any atom is 0.330 e. The van der Waals surface area contributed by atoms with E-state index in [0.717, 1.165) is 6.42 Å². The van der Waals surface area contributed by atoms with Crippen LogP contribution in [0.2, 0.25) is 0 Å². The molecule has 2 aromatic rings. The van der Waals surface area contributed by atoms with Gasteiger partial charge in [-0.15, -0.1) is 0 Å². The minimum absolute atomic E-state index is 0.0629. The van der Waals surface area contributed by atoms with Crippen molar-refractivity contribution in [1.82, 2.24) is 9.55 Å². The third-order valence-electron chi connectivity index (χ3n) is 4.82. The maximum absolute atomic E-state index is 12.1. The van der Waals surface area contributed by atoms with Gasteiger partial charge in [0.2, 0.25) is 0 Å². The Morgan fingerprint density at radius 2 is 2.07 bits per heavy atom. The zero-order valence-corrected chi connectivity index (χ0v) is 15.8. The molecule has 3 N–H and O–H groups in total. The van der Waals surface area contributed by atoms with Crippen molar-refractivity contribution in [3.63, 3.8) is 0 Å². The van der Waals surface area contributed by atoms with Crippen LogP contribution in [-0.2, 0) is 22.5 Å². The van der Waals surface area contributed by atoms with Gasteiger partial charge in [-0.3, -0.25) is 14.3 Å². The Kier molecular flexibility index (Phi) is 6.79. The fraction of sp³-hybridized carbons (Fsp3) is 0.500. The number of hydrogen-bond donors (Lipinski definition) is 3. The third kappa shape index (κ3) is 4.96. The quantitative estimate of drug-likeness (QED) is 0.607. The Morgan fingerprint density at radius 3 is 2.75 bits per heavy atom. The SMILES string of the molecule is CC(COCc1cn([C@@H]2CC(O)[C@H](CO)O2)c(=O)[nH]c1=O)Cc1ccccc1. The third-order valence-corrected chi connectivity index (χ3v) is 4.82. The number of nitrogens with zero attached hydrogens (tertiary/aromatic N) is 1. The van der Waals surface area contributed by atoms with E-state index in [0.29, 0.717) is 12.2 Å². The first-order chi connectivity index (χ1) is 13.5. The molecule has 1 aromatic heterocycles. The molecule has 0 radical (unpaired) electrons. The number of aromatic nitrogens is 2. The highest BCUT2D eigenvalue weighted by molar-refractivity contribution is 5.15. The van der Waals surface area contributed by atoms with Crippen molar-refractivity contribution in [2.75, 3.05) is 13.2 Å². The van der Waals surface area contributed by atoms with Crippen molar-refractivity contribution in [2.24, 2.45) is 5.92 Å². The molecule has 1 fully saturated rings. The van der Waals surface area contributed by atoms with E-state index in [4.69, 9.17) is 9.47 Å². The topological polar surface area (TPSA) is 114 Å². The molecule has 2 heterocycles. The molecule has 3 rings (SSSR count). The second-order valence-corrected chi connectivity index (χ2v) is 7.25. The van der Waals surface area contributed by atoms with E-state index in [9.17, 15) is 19.8 Å². The van der Waals surface area contributed by atoms with Crippen LogP contribution in [0.1, 0.15) is 30.7 Å². The van der Waals surface area contributed by atoms with E-state index >= 15 is 0 Å². The molecule has 1 aliphatic heterocycles. The molecule has 4 atom stereocenters. The fourth-order valence-corrected chi connectivity index (χ4v) is 3.34. The number of H-pyrrole nitrogens is 1. The molecule has 0 saturated carbocycles. The minimum Gasteiger partial charge on any atom is -0.394 e. The number of aliphatic hydroxyl groups excluding tert-OH is 2. The van der Waals surface area contributed by atoms with Crippen LogP contribution >= 0.6 is 0 Å². The van der Waals surface area contributed by atoms with Crippen molar-refractivity contribution in [3.05, 3.63) is 68.5 Å². The molecule has 0 aliphatic carbocycles. The average Bonchev–Trinajstić information content (AvgIpc) is 3.04. The van der Waals surface area contributed by atoms with Gasteiger partial charge in [-0.25, -0.2) is 4.79 Å². The van der Waals surface area contributed by atoms with Crippen molar-refractivity contribution < 1.29 is 19.7 Å². The van der Waals surface area contributed by atoms with Crippen LogP contribution in [0, 0.1) is 5.92 Å². The highest BCUT2D eigenvalue weighted by Gasteiger charge is 2.35. The lowest BCUT2D eigenvalue weighted by Gasteiger charge is -2.16. The average molecular weight is 390 g/mol. The van der Waals surface area contributed by atoms with Crippen molar-refractivity contribution in [3.8, 4) is 0 Å². The number of rotatable bonds is 8. The van der Waals surface area contributed by atoms with Crippen LogP contribution in [0.3, 0.4) is 0 Å². The number of ether oxygens (including phenoxy) is 2. The predicted molar refractivity (Wildman–Crippen MR) is 102 cm³/mol. The molecule has 1 aromatic carbocycles. The number of aromatic amines is 1. The van der Waals surface area contributed by atoms with Crippen molar-refractivity contribution in [1.29, 1.82) is 0 Å². The number of benzene rings is 1. The Labute approximate surface area is 162 Å². The number of nitrogens with one attached hydrogen (secondary N) is 1. The van der Waals surface area contributed by atoms with Gasteiger partial charge in [0.05, 0.1) is 24.9 Å². The molecule has 28 heavy (non-hydrogen) atoms. The van der Waals surface area contributed by atoms with Gasteiger partial charge in [-0.2, -0.15) is 0 Å². The summed E-state index contributed by atoms with van der Waals surface area (Å²) in [5.74, 6) is 0.269. The molecule has 2 unspecified atom stereocenters. The molecule has 152 valence electrons. The molecule has 1 aliphatic rings. The normalized spacial score (nSPS) is 23.0. The molecular formula is C20H26N2O6. The van der Waals surface area contributed by atoms with E-state index in [-0.39, 0.29) is 25.6 Å². The lowest BCUT2D eigenvalue weighted by Crippen LogP contribution is -2.34. The summed E-state index contributed by atoms with van der Waals surface area (Å²) in [7, 11) is 0. The second-order valence-electron chi connectivity index (χ2n) is 7.25. The second kappa shape index (κ2) is 9.29. The fourth-order valence-electron chi connectivity index (χ4n) is 3.34. The Bertz CT molecular complexity index is 878. The molecule has 0 amide bonds. The van der Waals surface area contributed by atoms with Gasteiger partial charge >= 0.3 is 5.69 Å². The Balaban J connectivity index is 1.61. The first-order valence-electron chi connectivity index (χ1n) is 9.38. The van der Waals surface area contributed by atoms with Crippen LogP contribution in [0.15, 0.2) is 46.1 Å². The highest BCUT2D eigenvalue weighted by Crippen LogP contribution is 2.27. The standard InChI is InChI=1S/C20H26N2O6/c1-13(7-14-5-3-2-4-6-14)11-27-12-15-9-22(20(26)21-19(15)25)18-8-16(24)17(10-23)28-18/h2-6,9,13,16-18,23-24H,7-8,10-12H2,1H3,(H,21,25,26)/t13?,16?,17-,18-/m0/s1. The molecular weight excluding hydrogens is 364 g/mol. The monoisotopic (exact) mass is 390 g/mol. The minimum atomic E-state index is -0.868.